The normalized spacial score (nSPS) is 16.1. The third kappa shape index (κ3) is 2.83. The van der Waals surface area contributed by atoms with Gasteiger partial charge in [-0.3, -0.25) is 4.98 Å². The van der Waals surface area contributed by atoms with Crippen LogP contribution in [0.1, 0.15) is 85.2 Å². The summed E-state index contributed by atoms with van der Waals surface area (Å²) in [5, 5.41) is 1.14. The van der Waals surface area contributed by atoms with Crippen molar-refractivity contribution in [1.82, 2.24) is 9.55 Å². The molecule has 3 aromatic rings. The molecule has 0 bridgehead atoms. The van der Waals surface area contributed by atoms with E-state index in [4.69, 9.17) is 4.98 Å². The van der Waals surface area contributed by atoms with Gasteiger partial charge >= 0.3 is 5.56 Å². The van der Waals surface area contributed by atoms with Crippen LogP contribution in [0, 0.1) is 0 Å². The average Bonchev–Trinajstić information content (AvgIpc) is 2.64. The first-order valence-electron chi connectivity index (χ1n) is 10.9. The fourth-order valence-corrected chi connectivity index (χ4v) is 4.91. The molecule has 4 rings (SSSR count). The predicted octanol–water partition coefficient (Wildman–Crippen LogP) is 4.80. The van der Waals surface area contributed by atoms with E-state index in [1.807, 2.05) is 6.07 Å². The maximum absolute atomic E-state index is 13.5. The molecular formula is C25H34N3O+. The lowest BCUT2D eigenvalue weighted by Gasteiger charge is -2.35. The second-order valence-electron chi connectivity index (χ2n) is 10.7. The van der Waals surface area contributed by atoms with Gasteiger partial charge in [0.05, 0.1) is 23.2 Å². The Kier molecular flexibility index (Phi) is 4.24. The maximum Gasteiger partial charge on any atom is 0.338 e. The van der Waals surface area contributed by atoms with Gasteiger partial charge in [-0.2, -0.15) is 4.57 Å². The van der Waals surface area contributed by atoms with Gasteiger partial charge < -0.3 is 0 Å². The molecule has 0 spiro atoms. The molecule has 1 aliphatic rings. The molecule has 0 aromatic carbocycles. The summed E-state index contributed by atoms with van der Waals surface area (Å²) in [7, 11) is 0. The minimum absolute atomic E-state index is 0.0156. The molecule has 3 aromatic heterocycles. The maximum atomic E-state index is 13.5. The summed E-state index contributed by atoms with van der Waals surface area (Å²) in [5.41, 5.74) is 5.26. The Morgan fingerprint density at radius 1 is 1.07 bits per heavy atom. The summed E-state index contributed by atoms with van der Waals surface area (Å²) in [5.74, 6) is 0. The first kappa shape index (κ1) is 20.1. The van der Waals surface area contributed by atoms with E-state index in [2.05, 4.69) is 82.7 Å². The molecule has 154 valence electrons. The van der Waals surface area contributed by atoms with Crippen molar-refractivity contribution in [3.8, 4) is 0 Å². The van der Waals surface area contributed by atoms with Gasteiger partial charge in [0.25, 0.3) is 5.65 Å². The molecule has 0 unspecified atom stereocenters. The molecule has 0 saturated carbocycles. The van der Waals surface area contributed by atoms with E-state index in [0.717, 1.165) is 47.2 Å². The van der Waals surface area contributed by atoms with E-state index in [1.165, 1.54) is 5.56 Å². The largest absolute Gasteiger partial charge is 0.338 e. The van der Waals surface area contributed by atoms with Crippen molar-refractivity contribution in [1.29, 1.82) is 0 Å². The minimum Gasteiger partial charge on any atom is -0.252 e. The van der Waals surface area contributed by atoms with Gasteiger partial charge in [-0.05, 0) is 24.5 Å². The van der Waals surface area contributed by atoms with Crippen LogP contribution in [-0.2, 0) is 22.8 Å². The number of aromatic nitrogens is 3. The van der Waals surface area contributed by atoms with Crippen molar-refractivity contribution in [2.45, 2.75) is 91.0 Å². The molecule has 4 heteroatoms. The second-order valence-corrected chi connectivity index (χ2v) is 10.7. The van der Waals surface area contributed by atoms with Gasteiger partial charge in [-0.15, -0.1) is 0 Å². The molecule has 4 nitrogen and oxygen atoms in total. The lowest BCUT2D eigenvalue weighted by molar-refractivity contribution is -0.530. The van der Waals surface area contributed by atoms with Crippen LogP contribution in [0.3, 0.4) is 0 Å². The number of nitrogens with zero attached hydrogens (tertiary/aromatic N) is 3. The fourth-order valence-electron chi connectivity index (χ4n) is 4.91. The van der Waals surface area contributed by atoms with E-state index in [1.54, 1.807) is 0 Å². The zero-order valence-electron chi connectivity index (χ0n) is 19.2. The van der Waals surface area contributed by atoms with Crippen molar-refractivity contribution < 1.29 is 4.40 Å². The number of hydrogen-bond donors (Lipinski definition) is 0. The molecule has 0 saturated heterocycles. The predicted molar refractivity (Wildman–Crippen MR) is 119 cm³/mol. The van der Waals surface area contributed by atoms with E-state index < -0.39 is 0 Å². The second kappa shape index (κ2) is 6.13. The van der Waals surface area contributed by atoms with Crippen LogP contribution in [0.25, 0.3) is 16.6 Å². The molecular weight excluding hydrogens is 358 g/mol. The molecule has 0 amide bonds. The van der Waals surface area contributed by atoms with Gasteiger partial charge in [0.2, 0.25) is 0 Å². The van der Waals surface area contributed by atoms with E-state index in [0.29, 0.717) is 0 Å². The van der Waals surface area contributed by atoms with Crippen molar-refractivity contribution in [3.63, 3.8) is 0 Å². The van der Waals surface area contributed by atoms with Gasteiger partial charge in [0.1, 0.15) is 11.2 Å². The Labute approximate surface area is 173 Å². The van der Waals surface area contributed by atoms with Gasteiger partial charge in [0, 0.05) is 29.0 Å². The molecule has 0 radical (unpaired) electrons. The summed E-state index contributed by atoms with van der Waals surface area (Å²) in [6.07, 6.45) is 4.84. The van der Waals surface area contributed by atoms with Crippen molar-refractivity contribution in [2.24, 2.45) is 0 Å². The van der Waals surface area contributed by atoms with Crippen LogP contribution < -0.4 is 9.96 Å². The lowest BCUT2D eigenvalue weighted by atomic mass is 9.80. The standard InChI is InChI=1S/C25H34N3O/c1-9-25(10-2)15-16-13-18(23(3,4)5)26-17-11-12-27-19(24(6,7)8)14-20(29)28(25)22(27)21(16)17/h11-14H,9-10,15H2,1-8H3/q+1. The highest BCUT2D eigenvalue weighted by atomic mass is 16.1. The van der Waals surface area contributed by atoms with Gasteiger partial charge in [0.15, 0.2) is 0 Å². The highest BCUT2D eigenvalue weighted by Crippen LogP contribution is 2.39. The molecule has 0 fully saturated rings. The quantitative estimate of drug-likeness (QED) is 0.464. The monoisotopic (exact) mass is 392 g/mol. The highest BCUT2D eigenvalue weighted by Gasteiger charge is 2.43. The third-order valence-corrected chi connectivity index (χ3v) is 6.76. The Morgan fingerprint density at radius 3 is 2.28 bits per heavy atom. The SMILES string of the molecule is CCC1(CC)Cc2cc(C(C)(C)C)nc3cc[n+]4c(C(C)(C)C)cc(=O)n1c4c23. The molecule has 0 aliphatic carbocycles. The molecule has 1 aliphatic heterocycles. The molecule has 0 atom stereocenters. The number of hydrogen-bond acceptors (Lipinski definition) is 2. The summed E-state index contributed by atoms with van der Waals surface area (Å²) >= 11 is 0. The Balaban J connectivity index is 2.28. The van der Waals surface area contributed by atoms with Crippen LogP contribution >= 0.6 is 0 Å². The fraction of sp³-hybridized carbons (Fsp3) is 0.560. The van der Waals surface area contributed by atoms with Crippen molar-refractivity contribution in [3.05, 3.63) is 51.7 Å². The minimum atomic E-state index is -0.198. The summed E-state index contributed by atoms with van der Waals surface area (Å²) < 4.78 is 4.32. The van der Waals surface area contributed by atoms with E-state index in [9.17, 15) is 4.79 Å². The van der Waals surface area contributed by atoms with E-state index >= 15 is 0 Å². The van der Waals surface area contributed by atoms with Crippen LogP contribution in [0.4, 0.5) is 0 Å². The smallest absolute Gasteiger partial charge is 0.252 e. The highest BCUT2D eigenvalue weighted by molar-refractivity contribution is 5.93. The zero-order valence-corrected chi connectivity index (χ0v) is 19.2. The van der Waals surface area contributed by atoms with Crippen LogP contribution in [-0.4, -0.2) is 9.55 Å². The first-order valence-corrected chi connectivity index (χ1v) is 10.9. The third-order valence-electron chi connectivity index (χ3n) is 6.76. The van der Waals surface area contributed by atoms with Crippen molar-refractivity contribution in [2.75, 3.05) is 0 Å². The van der Waals surface area contributed by atoms with Gasteiger partial charge in [-0.25, -0.2) is 9.20 Å². The van der Waals surface area contributed by atoms with Gasteiger partial charge in [-0.1, -0.05) is 55.4 Å². The van der Waals surface area contributed by atoms with E-state index in [-0.39, 0.29) is 21.9 Å². The van der Waals surface area contributed by atoms with Crippen LogP contribution in [0.2, 0.25) is 0 Å². The summed E-state index contributed by atoms with van der Waals surface area (Å²) in [6.45, 7) is 17.6. The molecule has 29 heavy (non-hydrogen) atoms. The topological polar surface area (TPSA) is 39.0 Å². The average molecular weight is 393 g/mol. The Hall–Kier alpha value is -2.23. The first-order chi connectivity index (χ1) is 13.4. The summed E-state index contributed by atoms with van der Waals surface area (Å²) in [6, 6.07) is 6.26. The zero-order chi connectivity index (χ0) is 21.4. The Morgan fingerprint density at radius 2 is 1.72 bits per heavy atom. The number of pyridine rings is 2. The number of rotatable bonds is 2. The van der Waals surface area contributed by atoms with Crippen molar-refractivity contribution >= 4 is 16.6 Å². The summed E-state index contributed by atoms with van der Waals surface area (Å²) in [4.78, 5) is 18.5. The van der Waals surface area contributed by atoms with Crippen LogP contribution in [0.5, 0.6) is 0 Å². The molecule has 0 N–H and O–H groups in total. The molecule has 4 heterocycles. The Bertz CT molecular complexity index is 1190. The van der Waals surface area contributed by atoms with Crippen LogP contribution in [0.15, 0.2) is 29.2 Å². The lowest BCUT2D eigenvalue weighted by Crippen LogP contribution is -2.51.